The average Bonchev–Trinajstić information content (AvgIpc) is 2.80. The van der Waals surface area contributed by atoms with Crippen molar-refractivity contribution >= 4 is 64.5 Å². The highest BCUT2D eigenvalue weighted by Gasteiger charge is 2.31. The number of carbonyl (C=O) groups excluding carboxylic acids is 1. The highest BCUT2D eigenvalue weighted by Crippen LogP contribution is 2.37. The van der Waals surface area contributed by atoms with Gasteiger partial charge in [0.15, 0.2) is 6.73 Å². The van der Waals surface area contributed by atoms with Crippen LogP contribution in [0.15, 0.2) is 36.5 Å². The summed E-state index contributed by atoms with van der Waals surface area (Å²) < 4.78 is 5.78. The molecule has 2 N–H and O–H groups in total. The highest BCUT2D eigenvalue weighted by molar-refractivity contribution is 6.40. The normalized spacial score (nSPS) is 15.3. The van der Waals surface area contributed by atoms with E-state index in [1.165, 1.54) is 27.9 Å². The van der Waals surface area contributed by atoms with Crippen molar-refractivity contribution in [3.05, 3.63) is 63.3 Å². The van der Waals surface area contributed by atoms with E-state index in [0.29, 0.717) is 21.7 Å². The van der Waals surface area contributed by atoms with Crippen molar-refractivity contribution < 1.29 is 9.53 Å². The fraction of sp³-hybridized carbons (Fsp3) is 0.292. The summed E-state index contributed by atoms with van der Waals surface area (Å²) in [6.07, 6.45) is 1.46. The highest BCUT2D eigenvalue weighted by atomic mass is 35.5. The third kappa shape index (κ3) is 4.97. The van der Waals surface area contributed by atoms with Crippen molar-refractivity contribution in [2.24, 2.45) is 0 Å². The van der Waals surface area contributed by atoms with E-state index in [-0.39, 0.29) is 36.5 Å². The smallest absolute Gasteiger partial charge is 0.268 e. The topological polar surface area (TPSA) is 82.6 Å². The summed E-state index contributed by atoms with van der Waals surface area (Å²) in [5.74, 6) is 0.243. The van der Waals surface area contributed by atoms with Crippen molar-refractivity contribution in [1.82, 2.24) is 15.3 Å². The summed E-state index contributed by atoms with van der Waals surface area (Å²) in [7, 11) is 0. The van der Waals surface area contributed by atoms with Crippen LogP contribution in [0.2, 0.25) is 10.0 Å². The molecule has 184 valence electrons. The third-order valence-electron chi connectivity index (χ3n) is 5.95. The Hall–Kier alpha value is -2.78. The minimum atomic E-state index is -0.324. The molecule has 0 unspecified atom stereocenters. The van der Waals surface area contributed by atoms with Crippen LogP contribution in [-0.2, 0) is 0 Å². The molecule has 0 bridgehead atoms. The Balaban J connectivity index is 0.00000289. The second-order valence-electron chi connectivity index (χ2n) is 8.31. The number of para-hydroxylation sites is 1. The van der Waals surface area contributed by atoms with Gasteiger partial charge >= 0.3 is 0 Å². The number of fused-ring (bicyclic) bond motifs is 1. The molecule has 1 saturated heterocycles. The van der Waals surface area contributed by atoms with E-state index in [1.807, 2.05) is 0 Å². The van der Waals surface area contributed by atoms with Crippen LogP contribution in [0.25, 0.3) is 0 Å². The number of benzene rings is 2. The van der Waals surface area contributed by atoms with Crippen LogP contribution < -0.4 is 25.2 Å². The lowest BCUT2D eigenvalue weighted by Crippen LogP contribution is -2.44. The molecule has 2 aliphatic rings. The van der Waals surface area contributed by atoms with Gasteiger partial charge in [-0.25, -0.2) is 4.98 Å². The SMILES string of the molecule is Cc1cc(Nc2ncc3c(n2)OCN(c2c(Cl)cccc2Cl)C3=O)cc(C)c1N1CCNCC1.Cl. The largest absolute Gasteiger partial charge is 0.455 e. The molecule has 11 heteroatoms. The number of amides is 1. The number of hydrogen-bond acceptors (Lipinski definition) is 7. The van der Waals surface area contributed by atoms with Gasteiger partial charge in [-0.2, -0.15) is 4.98 Å². The Morgan fingerprint density at radius 2 is 1.71 bits per heavy atom. The van der Waals surface area contributed by atoms with Crippen LogP contribution in [0.3, 0.4) is 0 Å². The molecule has 1 fully saturated rings. The quantitative estimate of drug-likeness (QED) is 0.488. The summed E-state index contributed by atoms with van der Waals surface area (Å²) in [4.78, 5) is 25.7. The van der Waals surface area contributed by atoms with E-state index < -0.39 is 0 Å². The van der Waals surface area contributed by atoms with Crippen LogP contribution in [0.5, 0.6) is 5.88 Å². The van der Waals surface area contributed by atoms with Crippen molar-refractivity contribution in [2.45, 2.75) is 13.8 Å². The molecular formula is C24H25Cl3N6O2. The number of rotatable bonds is 4. The number of anilines is 4. The maximum absolute atomic E-state index is 13.1. The Morgan fingerprint density at radius 1 is 1.06 bits per heavy atom. The maximum atomic E-state index is 13.1. The number of carbonyl (C=O) groups is 1. The molecule has 3 aromatic rings. The number of aryl methyl sites for hydroxylation is 2. The maximum Gasteiger partial charge on any atom is 0.268 e. The van der Waals surface area contributed by atoms with E-state index in [4.69, 9.17) is 27.9 Å². The lowest BCUT2D eigenvalue weighted by molar-refractivity contribution is 0.0932. The second kappa shape index (κ2) is 10.5. The van der Waals surface area contributed by atoms with Gasteiger partial charge in [0, 0.05) is 43.8 Å². The van der Waals surface area contributed by atoms with Crippen LogP contribution in [0.1, 0.15) is 21.5 Å². The third-order valence-corrected chi connectivity index (χ3v) is 6.56. The lowest BCUT2D eigenvalue weighted by atomic mass is 10.1. The summed E-state index contributed by atoms with van der Waals surface area (Å²) >= 11 is 12.6. The Bertz CT molecular complexity index is 1220. The molecule has 8 nitrogen and oxygen atoms in total. The molecule has 0 spiro atoms. The van der Waals surface area contributed by atoms with Crippen LogP contribution in [-0.4, -0.2) is 48.8 Å². The van der Waals surface area contributed by atoms with Gasteiger partial charge in [-0.05, 0) is 49.2 Å². The zero-order valence-electron chi connectivity index (χ0n) is 19.3. The van der Waals surface area contributed by atoms with E-state index >= 15 is 0 Å². The fourth-order valence-corrected chi connectivity index (χ4v) is 5.07. The van der Waals surface area contributed by atoms with Gasteiger partial charge < -0.3 is 20.3 Å². The first-order chi connectivity index (χ1) is 16.4. The van der Waals surface area contributed by atoms with E-state index in [0.717, 1.165) is 31.9 Å². The van der Waals surface area contributed by atoms with Crippen molar-refractivity contribution in [2.75, 3.05) is 48.0 Å². The van der Waals surface area contributed by atoms with Crippen LogP contribution >= 0.6 is 35.6 Å². The fourth-order valence-electron chi connectivity index (χ4n) is 4.47. The number of hydrogen-bond donors (Lipinski definition) is 2. The van der Waals surface area contributed by atoms with E-state index in [2.05, 4.69) is 51.5 Å². The van der Waals surface area contributed by atoms with Gasteiger partial charge in [-0.3, -0.25) is 9.69 Å². The van der Waals surface area contributed by atoms with Crippen molar-refractivity contribution in [1.29, 1.82) is 0 Å². The molecule has 0 atom stereocenters. The summed E-state index contributed by atoms with van der Waals surface area (Å²) in [5.41, 5.74) is 5.15. The molecule has 35 heavy (non-hydrogen) atoms. The van der Waals surface area contributed by atoms with Gasteiger partial charge in [0.05, 0.1) is 15.7 Å². The number of piperazine rings is 1. The predicted octanol–water partition coefficient (Wildman–Crippen LogP) is 4.97. The second-order valence-corrected chi connectivity index (χ2v) is 9.12. The van der Waals surface area contributed by atoms with Gasteiger partial charge in [0.2, 0.25) is 11.8 Å². The van der Waals surface area contributed by atoms with Gasteiger partial charge in [0.25, 0.3) is 5.91 Å². The molecule has 2 aromatic carbocycles. The molecular weight excluding hydrogens is 511 g/mol. The first-order valence-corrected chi connectivity index (χ1v) is 11.8. The molecule has 1 amide bonds. The van der Waals surface area contributed by atoms with Gasteiger partial charge in [-0.1, -0.05) is 29.3 Å². The van der Waals surface area contributed by atoms with E-state index in [1.54, 1.807) is 18.2 Å². The summed E-state index contributed by atoms with van der Waals surface area (Å²) in [6, 6.07) is 9.23. The predicted molar refractivity (Wildman–Crippen MR) is 142 cm³/mol. The first-order valence-electron chi connectivity index (χ1n) is 11.0. The first kappa shape index (κ1) is 25.3. The zero-order chi connectivity index (χ0) is 23.8. The van der Waals surface area contributed by atoms with Crippen molar-refractivity contribution in [3.8, 4) is 5.88 Å². The van der Waals surface area contributed by atoms with Crippen LogP contribution in [0.4, 0.5) is 23.0 Å². The molecule has 0 radical (unpaired) electrons. The average molecular weight is 536 g/mol. The van der Waals surface area contributed by atoms with Crippen LogP contribution in [0, 0.1) is 13.8 Å². The molecule has 2 aliphatic heterocycles. The Labute approximate surface area is 220 Å². The molecule has 3 heterocycles. The minimum absolute atomic E-state index is 0. The summed E-state index contributed by atoms with van der Waals surface area (Å²) in [6.45, 7) is 8.12. The standard InChI is InChI=1S/C24H24Cl2N6O2.ClH/c1-14-10-16(11-15(2)20(14)31-8-6-27-7-9-31)29-24-28-12-17-22(30-24)34-13-32(23(17)33)21-18(25)4-3-5-19(21)26;/h3-5,10-12,27H,6-9,13H2,1-2H3,(H,28,29,30);1H. The molecule has 5 rings (SSSR count). The van der Waals surface area contributed by atoms with E-state index in [9.17, 15) is 4.79 Å². The number of nitrogens with one attached hydrogen (secondary N) is 2. The Morgan fingerprint density at radius 3 is 2.37 bits per heavy atom. The lowest BCUT2D eigenvalue weighted by Gasteiger charge is -2.32. The number of halogens is 3. The van der Waals surface area contributed by atoms with Gasteiger partial charge in [0.1, 0.15) is 5.56 Å². The molecule has 0 aliphatic carbocycles. The summed E-state index contributed by atoms with van der Waals surface area (Å²) in [5, 5.41) is 7.36. The minimum Gasteiger partial charge on any atom is -0.455 e. The molecule has 1 aromatic heterocycles. The number of aromatic nitrogens is 2. The monoisotopic (exact) mass is 534 g/mol. The Kier molecular flexibility index (Phi) is 7.56. The van der Waals surface area contributed by atoms with Gasteiger partial charge in [-0.15, -0.1) is 12.4 Å². The van der Waals surface area contributed by atoms with Crippen molar-refractivity contribution in [3.63, 3.8) is 0 Å². The number of ether oxygens (including phenoxy) is 1. The molecule has 0 saturated carbocycles. The zero-order valence-corrected chi connectivity index (χ0v) is 21.6. The number of nitrogens with zero attached hydrogens (tertiary/aromatic N) is 4.